The van der Waals surface area contributed by atoms with Crippen LogP contribution in [0.15, 0.2) is 18.2 Å². The number of ether oxygens (including phenoxy) is 2. The van der Waals surface area contributed by atoms with E-state index in [4.69, 9.17) is 9.47 Å². The molecule has 2 atom stereocenters. The highest BCUT2D eigenvalue weighted by Crippen LogP contribution is 2.31. The van der Waals surface area contributed by atoms with E-state index in [1.165, 1.54) is 12.8 Å². The lowest BCUT2D eigenvalue weighted by atomic mass is 10.00. The lowest BCUT2D eigenvalue weighted by molar-refractivity contribution is 0.0371. The Bertz CT molecular complexity index is 430. The number of methoxy groups -OCH3 is 1. The zero-order chi connectivity index (χ0) is 14.5. The molecule has 0 bridgehead atoms. The molecule has 1 aromatic carbocycles. The molecule has 1 aromatic rings. The first-order chi connectivity index (χ1) is 9.61. The van der Waals surface area contributed by atoms with Gasteiger partial charge in [0.1, 0.15) is 0 Å². The summed E-state index contributed by atoms with van der Waals surface area (Å²) in [5, 5.41) is 9.66. The molecule has 0 saturated carbocycles. The van der Waals surface area contributed by atoms with Crippen LogP contribution in [-0.4, -0.2) is 43.9 Å². The first-order valence-electron chi connectivity index (χ1n) is 7.26. The second kappa shape index (κ2) is 6.95. The number of rotatable bonds is 5. The zero-order valence-corrected chi connectivity index (χ0v) is 12.6. The minimum Gasteiger partial charge on any atom is -0.504 e. The summed E-state index contributed by atoms with van der Waals surface area (Å²) < 4.78 is 10.7. The fourth-order valence-electron chi connectivity index (χ4n) is 2.73. The monoisotopic (exact) mass is 279 g/mol. The summed E-state index contributed by atoms with van der Waals surface area (Å²) >= 11 is 0. The van der Waals surface area contributed by atoms with Gasteiger partial charge in [-0.25, -0.2) is 0 Å². The summed E-state index contributed by atoms with van der Waals surface area (Å²) in [5.74, 6) is 1.34. The molecule has 112 valence electrons. The topological polar surface area (TPSA) is 41.9 Å². The molecule has 2 unspecified atom stereocenters. The number of aromatic hydroxyl groups is 1. The number of phenols is 1. The van der Waals surface area contributed by atoms with Crippen molar-refractivity contribution in [1.82, 2.24) is 4.90 Å². The van der Waals surface area contributed by atoms with Crippen LogP contribution >= 0.6 is 0 Å². The molecular formula is C16H25NO3. The van der Waals surface area contributed by atoms with Crippen LogP contribution in [0, 0.1) is 5.92 Å². The van der Waals surface area contributed by atoms with Crippen LogP contribution in [-0.2, 0) is 4.74 Å². The molecule has 0 radical (unpaired) electrons. The molecule has 1 aliphatic rings. The fourth-order valence-corrected chi connectivity index (χ4v) is 2.73. The summed E-state index contributed by atoms with van der Waals surface area (Å²) in [4.78, 5) is 2.34. The van der Waals surface area contributed by atoms with E-state index in [1.807, 2.05) is 12.1 Å². The van der Waals surface area contributed by atoms with E-state index in [9.17, 15) is 5.11 Å². The number of hydrogen-bond acceptors (Lipinski definition) is 4. The first kappa shape index (κ1) is 15.1. The van der Waals surface area contributed by atoms with E-state index in [0.29, 0.717) is 11.7 Å². The van der Waals surface area contributed by atoms with Crippen LogP contribution in [0.5, 0.6) is 11.5 Å². The van der Waals surface area contributed by atoms with E-state index in [-0.39, 0.29) is 11.8 Å². The molecule has 1 fully saturated rings. The summed E-state index contributed by atoms with van der Waals surface area (Å²) in [6.07, 6.45) is 2.41. The quantitative estimate of drug-likeness (QED) is 0.900. The lowest BCUT2D eigenvalue weighted by Crippen LogP contribution is -2.32. The van der Waals surface area contributed by atoms with Crippen molar-refractivity contribution in [3.05, 3.63) is 23.8 Å². The van der Waals surface area contributed by atoms with Crippen molar-refractivity contribution in [1.29, 1.82) is 0 Å². The Hall–Kier alpha value is -1.26. The van der Waals surface area contributed by atoms with Crippen molar-refractivity contribution < 1.29 is 14.6 Å². The van der Waals surface area contributed by atoms with Gasteiger partial charge in [-0.3, -0.25) is 4.90 Å². The van der Waals surface area contributed by atoms with E-state index >= 15 is 0 Å². The highest BCUT2D eigenvalue weighted by Gasteiger charge is 2.20. The SMILES string of the molecule is COc1cc(C(C)N(C)CC2CCCOC2)ccc1O. The Morgan fingerprint density at radius 2 is 2.30 bits per heavy atom. The van der Waals surface area contributed by atoms with E-state index in [0.717, 1.165) is 25.3 Å². The predicted octanol–water partition coefficient (Wildman–Crippen LogP) is 2.82. The van der Waals surface area contributed by atoms with Crippen molar-refractivity contribution >= 4 is 0 Å². The smallest absolute Gasteiger partial charge is 0.160 e. The molecule has 1 saturated heterocycles. The Morgan fingerprint density at radius 1 is 1.50 bits per heavy atom. The van der Waals surface area contributed by atoms with Gasteiger partial charge in [-0.05, 0) is 50.4 Å². The van der Waals surface area contributed by atoms with Gasteiger partial charge >= 0.3 is 0 Å². The third-order valence-electron chi connectivity index (χ3n) is 4.15. The van der Waals surface area contributed by atoms with Crippen LogP contribution in [0.2, 0.25) is 0 Å². The maximum atomic E-state index is 9.66. The third kappa shape index (κ3) is 3.64. The normalized spacial score (nSPS) is 20.9. The van der Waals surface area contributed by atoms with Gasteiger partial charge in [0.15, 0.2) is 11.5 Å². The molecule has 2 rings (SSSR count). The Labute approximate surface area is 121 Å². The van der Waals surface area contributed by atoms with Gasteiger partial charge in [-0.1, -0.05) is 6.07 Å². The van der Waals surface area contributed by atoms with E-state index in [1.54, 1.807) is 13.2 Å². The second-order valence-electron chi connectivity index (χ2n) is 5.63. The molecule has 4 heteroatoms. The van der Waals surface area contributed by atoms with Gasteiger partial charge < -0.3 is 14.6 Å². The van der Waals surface area contributed by atoms with Crippen molar-refractivity contribution in [2.75, 3.05) is 33.9 Å². The molecular weight excluding hydrogens is 254 g/mol. The van der Waals surface area contributed by atoms with Gasteiger partial charge in [0.05, 0.1) is 13.7 Å². The van der Waals surface area contributed by atoms with E-state index in [2.05, 4.69) is 18.9 Å². The molecule has 4 nitrogen and oxygen atoms in total. The van der Waals surface area contributed by atoms with E-state index < -0.39 is 0 Å². The van der Waals surface area contributed by atoms with Gasteiger partial charge in [-0.2, -0.15) is 0 Å². The minimum absolute atomic E-state index is 0.187. The van der Waals surface area contributed by atoms with Crippen LogP contribution in [0.3, 0.4) is 0 Å². The van der Waals surface area contributed by atoms with Crippen molar-refractivity contribution in [3.8, 4) is 11.5 Å². The number of nitrogens with zero attached hydrogens (tertiary/aromatic N) is 1. The summed E-state index contributed by atoms with van der Waals surface area (Å²) in [6.45, 7) is 4.99. The van der Waals surface area contributed by atoms with Gasteiger partial charge in [0.2, 0.25) is 0 Å². The van der Waals surface area contributed by atoms with Gasteiger partial charge in [0, 0.05) is 19.2 Å². The zero-order valence-electron chi connectivity index (χ0n) is 12.6. The van der Waals surface area contributed by atoms with Crippen LogP contribution in [0.1, 0.15) is 31.4 Å². The Balaban J connectivity index is 2.00. The number of phenolic OH excluding ortho intramolecular Hbond substituents is 1. The van der Waals surface area contributed by atoms with Crippen LogP contribution in [0.4, 0.5) is 0 Å². The minimum atomic E-state index is 0.187. The standard InChI is InChI=1S/C16H25NO3/c1-12(14-6-7-15(18)16(9-14)19-3)17(2)10-13-5-4-8-20-11-13/h6-7,9,12-13,18H,4-5,8,10-11H2,1-3H3. The molecule has 0 spiro atoms. The molecule has 1 heterocycles. The van der Waals surface area contributed by atoms with Crippen molar-refractivity contribution in [3.63, 3.8) is 0 Å². The fraction of sp³-hybridized carbons (Fsp3) is 0.625. The molecule has 0 aliphatic carbocycles. The molecule has 0 amide bonds. The maximum Gasteiger partial charge on any atom is 0.160 e. The average Bonchev–Trinajstić information content (AvgIpc) is 2.48. The maximum absolute atomic E-state index is 9.66. The summed E-state index contributed by atoms with van der Waals surface area (Å²) in [5.41, 5.74) is 1.15. The Morgan fingerprint density at radius 3 is 2.95 bits per heavy atom. The molecule has 1 N–H and O–H groups in total. The predicted molar refractivity (Wildman–Crippen MR) is 79.2 cm³/mol. The summed E-state index contributed by atoms with van der Waals surface area (Å²) in [7, 11) is 3.71. The Kier molecular flexibility index (Phi) is 5.26. The average molecular weight is 279 g/mol. The van der Waals surface area contributed by atoms with Crippen LogP contribution in [0.25, 0.3) is 0 Å². The first-order valence-corrected chi connectivity index (χ1v) is 7.26. The van der Waals surface area contributed by atoms with Crippen LogP contribution < -0.4 is 4.74 Å². The highest BCUT2D eigenvalue weighted by molar-refractivity contribution is 5.42. The number of hydrogen-bond donors (Lipinski definition) is 1. The highest BCUT2D eigenvalue weighted by atomic mass is 16.5. The molecule has 1 aliphatic heterocycles. The van der Waals surface area contributed by atoms with Gasteiger partial charge in [-0.15, -0.1) is 0 Å². The second-order valence-corrected chi connectivity index (χ2v) is 5.63. The van der Waals surface area contributed by atoms with Crippen molar-refractivity contribution in [2.24, 2.45) is 5.92 Å². The summed E-state index contributed by atoms with van der Waals surface area (Å²) in [6, 6.07) is 5.85. The lowest BCUT2D eigenvalue weighted by Gasteiger charge is -2.31. The van der Waals surface area contributed by atoms with Crippen molar-refractivity contribution in [2.45, 2.75) is 25.8 Å². The third-order valence-corrected chi connectivity index (χ3v) is 4.15. The molecule has 20 heavy (non-hydrogen) atoms. The molecule has 0 aromatic heterocycles. The largest absolute Gasteiger partial charge is 0.504 e. The van der Waals surface area contributed by atoms with Gasteiger partial charge in [0.25, 0.3) is 0 Å². The number of benzene rings is 1.